The molecule has 1 heterocycles. The molecule has 0 saturated heterocycles. The Kier molecular flexibility index (Phi) is 3.74. The number of carbonyl (C=O) groups is 1. The number of hydrogen-bond acceptors (Lipinski definition) is 5. The molecule has 15 heavy (non-hydrogen) atoms. The van der Waals surface area contributed by atoms with E-state index in [0.717, 1.165) is 11.5 Å². The molecule has 1 aromatic rings. The normalized spacial score (nSPS) is 11.9. The topological polar surface area (TPSA) is 69.9 Å². The zero-order chi connectivity index (χ0) is 11.4. The van der Waals surface area contributed by atoms with Crippen LogP contribution in [0.15, 0.2) is 0 Å². The second-order valence-electron chi connectivity index (χ2n) is 3.40. The molecule has 0 bridgehead atoms. The van der Waals surface area contributed by atoms with Crippen LogP contribution < -0.4 is 0 Å². The fraction of sp³-hybridized carbons (Fsp3) is 0.556. The van der Waals surface area contributed by atoms with Gasteiger partial charge in [0.05, 0.1) is 17.7 Å². The van der Waals surface area contributed by atoms with E-state index in [1.807, 2.05) is 0 Å². The molecule has 0 aliphatic rings. The van der Waals surface area contributed by atoms with Crippen molar-refractivity contribution in [2.75, 3.05) is 13.6 Å². The summed E-state index contributed by atoms with van der Waals surface area (Å²) in [5.41, 5.74) is 0.640. The van der Waals surface area contributed by atoms with Gasteiger partial charge in [0.15, 0.2) is 0 Å². The summed E-state index contributed by atoms with van der Waals surface area (Å²) in [4.78, 5) is 13.9. The maximum atomic E-state index is 11.8. The highest BCUT2D eigenvalue weighted by Crippen LogP contribution is 2.12. The molecular weight excluding hydrogens is 212 g/mol. The summed E-state index contributed by atoms with van der Waals surface area (Å²) < 4.78 is 3.70. The highest BCUT2D eigenvalue weighted by atomic mass is 32.1. The summed E-state index contributed by atoms with van der Waals surface area (Å²) in [6.07, 6.45) is 0. The van der Waals surface area contributed by atoms with E-state index < -0.39 is 0 Å². The molecule has 6 heteroatoms. The minimum Gasteiger partial charge on any atom is -0.340 e. The number of aryl methyl sites for hydroxylation is 1. The van der Waals surface area contributed by atoms with Crippen molar-refractivity contribution in [1.29, 1.82) is 5.26 Å². The van der Waals surface area contributed by atoms with E-state index >= 15 is 0 Å². The van der Waals surface area contributed by atoms with Crippen molar-refractivity contribution in [2.45, 2.75) is 13.8 Å². The average molecular weight is 224 g/mol. The monoisotopic (exact) mass is 224 g/mol. The van der Waals surface area contributed by atoms with Gasteiger partial charge in [0.2, 0.25) is 0 Å². The van der Waals surface area contributed by atoms with E-state index in [2.05, 4.69) is 15.7 Å². The lowest BCUT2D eigenvalue weighted by atomic mass is 10.2. The third-order valence-electron chi connectivity index (χ3n) is 1.96. The predicted octanol–water partition coefficient (Wildman–Crippen LogP) is 1.08. The standard InChI is InChI=1S/C9H12N4OS/c1-6(4-10)5-13(3)9(14)8-7(2)11-12-15-8/h6H,5H2,1-3H3. The van der Waals surface area contributed by atoms with Crippen LogP contribution in [-0.2, 0) is 0 Å². The van der Waals surface area contributed by atoms with Gasteiger partial charge in [0.25, 0.3) is 5.91 Å². The Morgan fingerprint density at radius 1 is 1.73 bits per heavy atom. The summed E-state index contributed by atoms with van der Waals surface area (Å²) >= 11 is 1.09. The smallest absolute Gasteiger partial charge is 0.267 e. The van der Waals surface area contributed by atoms with E-state index in [4.69, 9.17) is 5.26 Å². The van der Waals surface area contributed by atoms with Gasteiger partial charge in [0.1, 0.15) is 4.88 Å². The Morgan fingerprint density at radius 2 is 2.40 bits per heavy atom. The number of nitriles is 1. The third-order valence-corrected chi connectivity index (χ3v) is 2.78. The van der Waals surface area contributed by atoms with E-state index in [0.29, 0.717) is 17.1 Å². The van der Waals surface area contributed by atoms with E-state index in [1.165, 1.54) is 4.90 Å². The van der Waals surface area contributed by atoms with Crippen molar-refractivity contribution in [3.8, 4) is 6.07 Å². The lowest BCUT2D eigenvalue weighted by Crippen LogP contribution is -2.30. The van der Waals surface area contributed by atoms with Crippen molar-refractivity contribution < 1.29 is 4.79 Å². The molecule has 0 aliphatic heterocycles. The van der Waals surface area contributed by atoms with Crippen LogP contribution in [0.3, 0.4) is 0 Å². The van der Waals surface area contributed by atoms with Gasteiger partial charge in [-0.05, 0) is 25.4 Å². The highest BCUT2D eigenvalue weighted by Gasteiger charge is 2.18. The Labute approximate surface area is 92.5 Å². The molecule has 0 aliphatic carbocycles. The second kappa shape index (κ2) is 4.84. The largest absolute Gasteiger partial charge is 0.340 e. The molecule has 0 fully saturated rings. The number of carbonyl (C=O) groups excluding carboxylic acids is 1. The first-order valence-electron chi connectivity index (χ1n) is 4.50. The Bertz CT molecular complexity index is 395. The van der Waals surface area contributed by atoms with Crippen LogP contribution in [0.4, 0.5) is 0 Å². The van der Waals surface area contributed by atoms with Crippen molar-refractivity contribution in [1.82, 2.24) is 14.5 Å². The van der Waals surface area contributed by atoms with Crippen LogP contribution in [0.5, 0.6) is 0 Å². The van der Waals surface area contributed by atoms with E-state index in [1.54, 1.807) is 20.9 Å². The van der Waals surface area contributed by atoms with Crippen LogP contribution in [0.25, 0.3) is 0 Å². The molecule has 0 radical (unpaired) electrons. The number of amides is 1. The number of rotatable bonds is 3. The first-order chi connectivity index (χ1) is 7.06. The molecule has 0 saturated carbocycles. The first kappa shape index (κ1) is 11.6. The van der Waals surface area contributed by atoms with Gasteiger partial charge in [-0.1, -0.05) is 4.49 Å². The van der Waals surface area contributed by atoms with Crippen LogP contribution in [0.1, 0.15) is 22.3 Å². The Morgan fingerprint density at radius 3 is 2.87 bits per heavy atom. The molecule has 1 unspecified atom stereocenters. The van der Waals surface area contributed by atoms with Gasteiger partial charge in [-0.15, -0.1) is 5.10 Å². The van der Waals surface area contributed by atoms with Gasteiger partial charge in [-0.3, -0.25) is 4.79 Å². The fourth-order valence-corrected chi connectivity index (χ4v) is 1.79. The number of nitrogens with zero attached hydrogens (tertiary/aromatic N) is 4. The van der Waals surface area contributed by atoms with Gasteiger partial charge in [-0.25, -0.2) is 0 Å². The Hall–Kier alpha value is -1.48. The molecule has 0 N–H and O–H groups in total. The number of aromatic nitrogens is 2. The molecule has 1 rings (SSSR count). The maximum Gasteiger partial charge on any atom is 0.267 e. The van der Waals surface area contributed by atoms with Crippen LogP contribution in [0.2, 0.25) is 0 Å². The Balaban J connectivity index is 2.70. The molecule has 0 spiro atoms. The summed E-state index contributed by atoms with van der Waals surface area (Å²) in [7, 11) is 1.68. The summed E-state index contributed by atoms with van der Waals surface area (Å²) in [6, 6.07) is 2.09. The SMILES string of the molecule is Cc1nnsc1C(=O)N(C)CC(C)C#N. The quantitative estimate of drug-likeness (QED) is 0.770. The maximum absolute atomic E-state index is 11.8. The molecule has 80 valence electrons. The third kappa shape index (κ3) is 2.73. The van der Waals surface area contributed by atoms with Crippen LogP contribution in [0, 0.1) is 24.2 Å². The van der Waals surface area contributed by atoms with Crippen molar-refractivity contribution in [3.05, 3.63) is 10.6 Å². The number of hydrogen-bond donors (Lipinski definition) is 0. The lowest BCUT2D eigenvalue weighted by molar-refractivity contribution is 0.0789. The zero-order valence-electron chi connectivity index (χ0n) is 8.89. The van der Waals surface area contributed by atoms with E-state index in [9.17, 15) is 4.79 Å². The zero-order valence-corrected chi connectivity index (χ0v) is 9.71. The molecule has 1 amide bonds. The molecular formula is C9H12N4OS. The minimum atomic E-state index is -0.167. The average Bonchev–Trinajstić information content (AvgIpc) is 2.63. The van der Waals surface area contributed by atoms with Gasteiger partial charge in [0, 0.05) is 13.6 Å². The highest BCUT2D eigenvalue weighted by molar-refractivity contribution is 7.07. The molecule has 1 atom stereocenters. The van der Waals surface area contributed by atoms with Crippen molar-refractivity contribution >= 4 is 17.4 Å². The summed E-state index contributed by atoms with van der Waals surface area (Å²) in [5, 5.41) is 12.4. The van der Waals surface area contributed by atoms with Gasteiger partial charge >= 0.3 is 0 Å². The van der Waals surface area contributed by atoms with Crippen LogP contribution >= 0.6 is 11.5 Å². The first-order valence-corrected chi connectivity index (χ1v) is 5.27. The molecule has 1 aromatic heterocycles. The summed E-state index contributed by atoms with van der Waals surface area (Å²) in [5.74, 6) is -0.287. The minimum absolute atomic E-state index is 0.121. The van der Waals surface area contributed by atoms with Gasteiger partial charge < -0.3 is 4.90 Å². The van der Waals surface area contributed by atoms with Crippen molar-refractivity contribution in [3.63, 3.8) is 0 Å². The lowest BCUT2D eigenvalue weighted by Gasteiger charge is -2.17. The van der Waals surface area contributed by atoms with Crippen molar-refractivity contribution in [2.24, 2.45) is 5.92 Å². The van der Waals surface area contributed by atoms with Crippen LogP contribution in [-0.4, -0.2) is 34.0 Å². The molecule has 5 nitrogen and oxygen atoms in total. The molecule has 0 aromatic carbocycles. The van der Waals surface area contributed by atoms with E-state index in [-0.39, 0.29) is 11.8 Å². The fourth-order valence-electron chi connectivity index (χ4n) is 1.14. The second-order valence-corrected chi connectivity index (χ2v) is 4.16. The van der Waals surface area contributed by atoms with Gasteiger partial charge in [-0.2, -0.15) is 5.26 Å². The predicted molar refractivity (Wildman–Crippen MR) is 56.4 cm³/mol. The summed E-state index contributed by atoms with van der Waals surface area (Å²) in [6.45, 7) is 3.95.